The lowest BCUT2D eigenvalue weighted by Gasteiger charge is -2.11. The number of carbonyl (C=O) groups is 2. The van der Waals surface area contributed by atoms with Crippen LogP contribution < -0.4 is 0 Å². The first-order valence-corrected chi connectivity index (χ1v) is 6.73. The number of benzene rings is 2. The van der Waals surface area contributed by atoms with Crippen LogP contribution in [0.15, 0.2) is 42.5 Å². The van der Waals surface area contributed by atoms with Crippen LogP contribution in [-0.2, 0) is 6.42 Å². The second-order valence-corrected chi connectivity index (χ2v) is 4.79. The Morgan fingerprint density at radius 1 is 0.905 bits per heavy atom. The maximum atomic E-state index is 11.3. The van der Waals surface area contributed by atoms with Gasteiger partial charge in [0.25, 0.3) is 0 Å². The van der Waals surface area contributed by atoms with Crippen molar-refractivity contribution < 1.29 is 19.8 Å². The molecule has 2 aromatic carbocycles. The van der Waals surface area contributed by atoms with Gasteiger partial charge < -0.3 is 10.2 Å². The first-order valence-electron chi connectivity index (χ1n) is 6.73. The van der Waals surface area contributed by atoms with Crippen LogP contribution in [0.25, 0.3) is 11.1 Å². The van der Waals surface area contributed by atoms with Crippen LogP contribution in [0.1, 0.15) is 39.6 Å². The summed E-state index contributed by atoms with van der Waals surface area (Å²) in [6, 6.07) is 11.7. The number of carboxylic acids is 2. The molecule has 0 heterocycles. The SMILES string of the molecule is CCCc1ccc(-c2c(C(=O)O)cccc2C(=O)O)cc1. The minimum Gasteiger partial charge on any atom is -0.478 e. The monoisotopic (exact) mass is 284 g/mol. The van der Waals surface area contributed by atoms with Gasteiger partial charge in [-0.3, -0.25) is 0 Å². The largest absolute Gasteiger partial charge is 0.478 e. The minimum atomic E-state index is -1.13. The fraction of sp³-hybridized carbons (Fsp3) is 0.176. The molecule has 0 saturated heterocycles. The first-order chi connectivity index (χ1) is 10.0. The highest BCUT2D eigenvalue weighted by Crippen LogP contribution is 2.28. The zero-order chi connectivity index (χ0) is 15.4. The molecule has 0 fully saturated rings. The number of aryl methyl sites for hydroxylation is 1. The number of rotatable bonds is 5. The van der Waals surface area contributed by atoms with Gasteiger partial charge in [-0.2, -0.15) is 0 Å². The lowest BCUT2D eigenvalue weighted by Crippen LogP contribution is -2.06. The fourth-order valence-corrected chi connectivity index (χ4v) is 2.35. The highest BCUT2D eigenvalue weighted by Gasteiger charge is 2.19. The quantitative estimate of drug-likeness (QED) is 0.877. The third kappa shape index (κ3) is 3.11. The third-order valence-electron chi connectivity index (χ3n) is 3.31. The van der Waals surface area contributed by atoms with E-state index >= 15 is 0 Å². The van der Waals surface area contributed by atoms with E-state index in [2.05, 4.69) is 6.92 Å². The second-order valence-electron chi connectivity index (χ2n) is 4.79. The van der Waals surface area contributed by atoms with Crippen molar-refractivity contribution in [2.24, 2.45) is 0 Å². The molecular formula is C17H16O4. The molecule has 0 unspecified atom stereocenters. The van der Waals surface area contributed by atoms with E-state index in [-0.39, 0.29) is 16.7 Å². The summed E-state index contributed by atoms with van der Waals surface area (Å²) in [5.41, 5.74) is 1.99. The van der Waals surface area contributed by atoms with Gasteiger partial charge in [-0.15, -0.1) is 0 Å². The maximum Gasteiger partial charge on any atom is 0.336 e. The summed E-state index contributed by atoms with van der Waals surface area (Å²) in [5, 5.41) is 18.6. The summed E-state index contributed by atoms with van der Waals surface area (Å²) in [6.45, 7) is 2.08. The average molecular weight is 284 g/mol. The highest BCUT2D eigenvalue weighted by molar-refractivity contribution is 6.04. The molecule has 0 bridgehead atoms. The molecule has 0 aliphatic carbocycles. The highest BCUT2D eigenvalue weighted by atomic mass is 16.4. The predicted octanol–water partition coefficient (Wildman–Crippen LogP) is 3.70. The summed E-state index contributed by atoms with van der Waals surface area (Å²) in [7, 11) is 0. The van der Waals surface area contributed by atoms with Crippen LogP contribution in [0.5, 0.6) is 0 Å². The molecule has 0 atom stereocenters. The average Bonchev–Trinajstić information content (AvgIpc) is 2.47. The van der Waals surface area contributed by atoms with Gasteiger partial charge in [-0.05, 0) is 29.7 Å². The number of hydrogen-bond donors (Lipinski definition) is 2. The van der Waals surface area contributed by atoms with Crippen molar-refractivity contribution in [3.63, 3.8) is 0 Å². The molecule has 21 heavy (non-hydrogen) atoms. The molecule has 0 spiro atoms. The van der Waals surface area contributed by atoms with Crippen LogP contribution in [0.4, 0.5) is 0 Å². The number of hydrogen-bond acceptors (Lipinski definition) is 2. The maximum absolute atomic E-state index is 11.3. The minimum absolute atomic E-state index is 0.00172. The molecule has 2 N–H and O–H groups in total. The van der Waals surface area contributed by atoms with Crippen molar-refractivity contribution >= 4 is 11.9 Å². The van der Waals surface area contributed by atoms with E-state index in [0.717, 1.165) is 18.4 Å². The van der Waals surface area contributed by atoms with E-state index in [1.54, 1.807) is 12.1 Å². The number of carboxylic acid groups (broad SMARTS) is 2. The molecule has 0 saturated carbocycles. The molecule has 4 nitrogen and oxygen atoms in total. The van der Waals surface area contributed by atoms with Crippen molar-refractivity contribution in [2.45, 2.75) is 19.8 Å². The molecule has 4 heteroatoms. The van der Waals surface area contributed by atoms with Crippen LogP contribution >= 0.6 is 0 Å². The van der Waals surface area contributed by atoms with Crippen molar-refractivity contribution in [1.82, 2.24) is 0 Å². The lowest BCUT2D eigenvalue weighted by molar-refractivity contribution is 0.0696. The van der Waals surface area contributed by atoms with Crippen molar-refractivity contribution in [2.75, 3.05) is 0 Å². The van der Waals surface area contributed by atoms with Gasteiger partial charge >= 0.3 is 11.9 Å². The fourth-order valence-electron chi connectivity index (χ4n) is 2.35. The molecule has 2 aromatic rings. The van der Waals surface area contributed by atoms with Crippen molar-refractivity contribution in [3.05, 3.63) is 59.2 Å². The van der Waals surface area contributed by atoms with E-state index in [4.69, 9.17) is 0 Å². The summed E-state index contributed by atoms with van der Waals surface area (Å²) in [4.78, 5) is 22.7. The Balaban J connectivity index is 2.60. The van der Waals surface area contributed by atoms with Gasteiger partial charge in [-0.25, -0.2) is 9.59 Å². The topological polar surface area (TPSA) is 74.6 Å². The van der Waals surface area contributed by atoms with Gasteiger partial charge in [0, 0.05) is 5.56 Å². The van der Waals surface area contributed by atoms with Crippen LogP contribution in [0, 0.1) is 0 Å². The number of aromatic carboxylic acids is 2. The lowest BCUT2D eigenvalue weighted by atomic mass is 9.93. The Labute approximate surface area is 122 Å². The van der Waals surface area contributed by atoms with Gasteiger partial charge in [0.1, 0.15) is 0 Å². The van der Waals surface area contributed by atoms with Crippen molar-refractivity contribution in [1.29, 1.82) is 0 Å². The Morgan fingerprint density at radius 2 is 1.43 bits per heavy atom. The molecule has 0 radical (unpaired) electrons. The molecule has 0 aliphatic rings. The molecule has 0 aliphatic heterocycles. The molecule has 108 valence electrons. The second kappa shape index (κ2) is 6.22. The van der Waals surface area contributed by atoms with Gasteiger partial charge in [-0.1, -0.05) is 43.7 Å². The zero-order valence-corrected chi connectivity index (χ0v) is 11.7. The Bertz CT molecular complexity index is 639. The summed E-state index contributed by atoms with van der Waals surface area (Å²) >= 11 is 0. The standard InChI is InChI=1S/C17H16O4/c1-2-4-11-7-9-12(10-8-11)15-13(16(18)19)5-3-6-14(15)17(20)21/h3,5-10H,2,4H2,1H3,(H,18,19)(H,20,21). The molecule has 0 amide bonds. The van der Waals surface area contributed by atoms with Crippen LogP contribution in [-0.4, -0.2) is 22.2 Å². The van der Waals surface area contributed by atoms with Gasteiger partial charge in [0.05, 0.1) is 11.1 Å². The van der Waals surface area contributed by atoms with E-state index < -0.39 is 11.9 Å². The summed E-state index contributed by atoms with van der Waals surface area (Å²) in [5.74, 6) is -2.27. The Kier molecular flexibility index (Phi) is 4.38. The van der Waals surface area contributed by atoms with E-state index in [1.807, 2.05) is 12.1 Å². The zero-order valence-electron chi connectivity index (χ0n) is 11.7. The summed E-state index contributed by atoms with van der Waals surface area (Å²) < 4.78 is 0. The van der Waals surface area contributed by atoms with Gasteiger partial charge in [0.15, 0.2) is 0 Å². The Morgan fingerprint density at radius 3 is 1.86 bits per heavy atom. The van der Waals surface area contributed by atoms with E-state index in [9.17, 15) is 19.8 Å². The third-order valence-corrected chi connectivity index (χ3v) is 3.31. The summed E-state index contributed by atoms with van der Waals surface area (Å²) in [6.07, 6.45) is 1.96. The molecule has 2 rings (SSSR count). The van der Waals surface area contributed by atoms with Crippen LogP contribution in [0.3, 0.4) is 0 Å². The molecular weight excluding hydrogens is 268 g/mol. The van der Waals surface area contributed by atoms with Gasteiger partial charge in [0.2, 0.25) is 0 Å². The van der Waals surface area contributed by atoms with Crippen molar-refractivity contribution in [3.8, 4) is 11.1 Å². The molecule has 0 aromatic heterocycles. The van der Waals surface area contributed by atoms with E-state index in [1.165, 1.54) is 18.2 Å². The Hall–Kier alpha value is -2.62. The van der Waals surface area contributed by atoms with E-state index in [0.29, 0.717) is 5.56 Å². The van der Waals surface area contributed by atoms with Crippen LogP contribution in [0.2, 0.25) is 0 Å². The predicted molar refractivity (Wildman–Crippen MR) is 79.8 cm³/mol. The first kappa shape index (κ1) is 14.8. The smallest absolute Gasteiger partial charge is 0.336 e. The normalized spacial score (nSPS) is 10.3.